The van der Waals surface area contributed by atoms with Crippen LogP contribution in [0.1, 0.15) is 10.6 Å². The highest BCUT2D eigenvalue weighted by Gasteiger charge is 2.14. The number of anilines is 1. The number of hydrogen-bond donors (Lipinski definition) is 1. The maximum Gasteiger partial charge on any atom is 0.377 e. The molecule has 0 aliphatic carbocycles. The fraction of sp³-hybridized carbons (Fsp3) is 0.100. The first-order chi connectivity index (χ1) is 8.52. The first-order valence-corrected chi connectivity index (χ1v) is 5.15. The van der Waals surface area contributed by atoms with Gasteiger partial charge in [0.15, 0.2) is 0 Å². The Bertz CT molecular complexity index is 614. The standard InChI is InChI=1S/C10H8ClFN4O2/c1-18-10(17)9-14-4-16(15-9)8-3-6(12)5(11)2-7(8)13/h2-4H,13H2,1H3. The molecule has 0 atom stereocenters. The molecule has 0 aliphatic rings. The highest BCUT2D eigenvalue weighted by Crippen LogP contribution is 2.24. The zero-order valence-corrected chi connectivity index (χ0v) is 9.98. The van der Waals surface area contributed by atoms with Crippen molar-refractivity contribution < 1.29 is 13.9 Å². The van der Waals surface area contributed by atoms with E-state index in [4.69, 9.17) is 17.3 Å². The first kappa shape index (κ1) is 12.3. The molecule has 6 nitrogen and oxygen atoms in total. The minimum atomic E-state index is -0.693. The Labute approximate surface area is 106 Å². The van der Waals surface area contributed by atoms with E-state index in [-0.39, 0.29) is 22.2 Å². The molecule has 1 aromatic carbocycles. The van der Waals surface area contributed by atoms with E-state index >= 15 is 0 Å². The van der Waals surface area contributed by atoms with Crippen molar-refractivity contribution in [2.24, 2.45) is 0 Å². The average molecular weight is 271 g/mol. The molecule has 0 amide bonds. The van der Waals surface area contributed by atoms with Crippen molar-refractivity contribution in [1.82, 2.24) is 14.8 Å². The van der Waals surface area contributed by atoms with Crippen molar-refractivity contribution in [2.75, 3.05) is 12.8 Å². The molecule has 94 valence electrons. The quantitative estimate of drug-likeness (QED) is 0.659. The van der Waals surface area contributed by atoms with Gasteiger partial charge in [-0.25, -0.2) is 18.9 Å². The fourth-order valence-electron chi connectivity index (χ4n) is 1.31. The smallest absolute Gasteiger partial charge is 0.377 e. The molecule has 0 unspecified atom stereocenters. The number of nitrogens with zero attached hydrogens (tertiary/aromatic N) is 3. The summed E-state index contributed by atoms with van der Waals surface area (Å²) in [6.45, 7) is 0. The van der Waals surface area contributed by atoms with Crippen LogP contribution in [0.25, 0.3) is 5.69 Å². The van der Waals surface area contributed by atoms with Crippen LogP contribution >= 0.6 is 11.6 Å². The molecule has 0 bridgehead atoms. The van der Waals surface area contributed by atoms with Gasteiger partial charge < -0.3 is 10.5 Å². The summed E-state index contributed by atoms with van der Waals surface area (Å²) in [6.07, 6.45) is 1.23. The number of carbonyl (C=O) groups excluding carboxylic acids is 1. The van der Waals surface area contributed by atoms with Crippen LogP contribution in [-0.2, 0) is 4.74 Å². The van der Waals surface area contributed by atoms with E-state index in [0.717, 1.165) is 6.07 Å². The molecule has 0 fully saturated rings. The lowest BCUT2D eigenvalue weighted by atomic mass is 10.2. The number of aromatic nitrogens is 3. The average Bonchev–Trinajstić information content (AvgIpc) is 2.82. The summed E-state index contributed by atoms with van der Waals surface area (Å²) in [5, 5.41) is 3.73. The number of ether oxygens (including phenoxy) is 1. The molecule has 2 rings (SSSR count). The second-order valence-corrected chi connectivity index (χ2v) is 3.74. The topological polar surface area (TPSA) is 83.0 Å². The SMILES string of the molecule is COC(=O)c1ncn(-c2cc(F)c(Cl)cc2N)n1. The Balaban J connectivity index is 2.46. The van der Waals surface area contributed by atoms with Gasteiger partial charge in [-0.1, -0.05) is 11.6 Å². The molecular weight excluding hydrogens is 263 g/mol. The second-order valence-electron chi connectivity index (χ2n) is 3.33. The van der Waals surface area contributed by atoms with Crippen molar-refractivity contribution >= 4 is 23.3 Å². The number of esters is 1. The molecular formula is C10H8ClFN4O2. The second kappa shape index (κ2) is 4.61. The third-order valence-electron chi connectivity index (χ3n) is 2.18. The number of rotatable bonds is 2. The summed E-state index contributed by atoms with van der Waals surface area (Å²) in [6, 6.07) is 2.36. The molecule has 0 spiro atoms. The van der Waals surface area contributed by atoms with Gasteiger partial charge in [0.05, 0.1) is 23.5 Å². The number of hydrogen-bond acceptors (Lipinski definition) is 5. The summed E-state index contributed by atoms with van der Waals surface area (Å²) in [5.74, 6) is -1.48. The zero-order valence-electron chi connectivity index (χ0n) is 9.22. The molecule has 2 aromatic rings. The monoisotopic (exact) mass is 270 g/mol. The van der Waals surface area contributed by atoms with Gasteiger partial charge in [-0.05, 0) is 6.07 Å². The largest absolute Gasteiger partial charge is 0.463 e. The predicted octanol–water partition coefficient (Wildman–Crippen LogP) is 1.43. The van der Waals surface area contributed by atoms with Crippen LogP contribution in [0.3, 0.4) is 0 Å². The van der Waals surface area contributed by atoms with Crippen LogP contribution in [0.5, 0.6) is 0 Å². The van der Waals surface area contributed by atoms with Crippen LogP contribution in [0, 0.1) is 5.82 Å². The Kier molecular flexibility index (Phi) is 3.15. The fourth-order valence-corrected chi connectivity index (χ4v) is 1.49. The minimum Gasteiger partial charge on any atom is -0.463 e. The molecule has 0 aliphatic heterocycles. The summed E-state index contributed by atoms with van der Waals surface area (Å²) in [7, 11) is 1.21. The van der Waals surface area contributed by atoms with E-state index in [1.165, 1.54) is 24.2 Å². The van der Waals surface area contributed by atoms with Gasteiger partial charge in [0.25, 0.3) is 5.82 Å². The number of nitrogen functional groups attached to an aromatic ring is 1. The lowest BCUT2D eigenvalue weighted by Crippen LogP contribution is -2.06. The highest BCUT2D eigenvalue weighted by atomic mass is 35.5. The van der Waals surface area contributed by atoms with Crippen molar-refractivity contribution in [1.29, 1.82) is 0 Å². The third kappa shape index (κ3) is 2.12. The molecule has 1 aromatic heterocycles. The van der Waals surface area contributed by atoms with Gasteiger partial charge >= 0.3 is 5.97 Å². The molecule has 0 saturated carbocycles. The summed E-state index contributed by atoms with van der Waals surface area (Å²) < 4.78 is 19.0. The van der Waals surface area contributed by atoms with E-state index in [2.05, 4.69) is 14.8 Å². The number of nitrogens with two attached hydrogens (primary N) is 1. The summed E-state index contributed by atoms with van der Waals surface area (Å²) in [5.41, 5.74) is 6.13. The molecule has 1 heterocycles. The van der Waals surface area contributed by atoms with E-state index in [1.807, 2.05) is 0 Å². The molecule has 18 heavy (non-hydrogen) atoms. The van der Waals surface area contributed by atoms with Crippen molar-refractivity contribution in [2.45, 2.75) is 0 Å². The Hall–Kier alpha value is -2.15. The van der Waals surface area contributed by atoms with Crippen LogP contribution in [-0.4, -0.2) is 27.8 Å². The Morgan fingerprint density at radius 2 is 2.28 bits per heavy atom. The lowest BCUT2D eigenvalue weighted by molar-refractivity contribution is 0.0587. The normalized spacial score (nSPS) is 10.4. The molecule has 8 heteroatoms. The third-order valence-corrected chi connectivity index (χ3v) is 2.47. The van der Waals surface area contributed by atoms with E-state index in [9.17, 15) is 9.18 Å². The van der Waals surface area contributed by atoms with E-state index < -0.39 is 11.8 Å². The van der Waals surface area contributed by atoms with E-state index in [0.29, 0.717) is 0 Å². The summed E-state index contributed by atoms with van der Waals surface area (Å²) in [4.78, 5) is 14.9. The number of halogens is 2. The van der Waals surface area contributed by atoms with Crippen LogP contribution < -0.4 is 5.73 Å². The van der Waals surface area contributed by atoms with Crippen LogP contribution in [0.15, 0.2) is 18.5 Å². The van der Waals surface area contributed by atoms with Gasteiger partial charge in [0, 0.05) is 6.07 Å². The van der Waals surface area contributed by atoms with Gasteiger partial charge in [0.2, 0.25) is 0 Å². The molecule has 0 radical (unpaired) electrons. The Morgan fingerprint density at radius 3 is 2.94 bits per heavy atom. The molecule has 0 saturated heterocycles. The highest BCUT2D eigenvalue weighted by molar-refractivity contribution is 6.31. The first-order valence-electron chi connectivity index (χ1n) is 4.78. The predicted molar refractivity (Wildman–Crippen MR) is 62.1 cm³/mol. The zero-order chi connectivity index (χ0) is 13.3. The number of benzene rings is 1. The van der Waals surface area contributed by atoms with Crippen LogP contribution in [0.4, 0.5) is 10.1 Å². The maximum absolute atomic E-state index is 13.3. The van der Waals surface area contributed by atoms with Crippen molar-refractivity contribution in [3.05, 3.63) is 35.1 Å². The number of methoxy groups -OCH3 is 1. The minimum absolute atomic E-state index is 0.0930. The van der Waals surface area contributed by atoms with Gasteiger partial charge in [-0.3, -0.25) is 0 Å². The Morgan fingerprint density at radius 1 is 1.56 bits per heavy atom. The maximum atomic E-state index is 13.3. The van der Waals surface area contributed by atoms with Crippen molar-refractivity contribution in [3.63, 3.8) is 0 Å². The van der Waals surface area contributed by atoms with Gasteiger partial charge in [-0.2, -0.15) is 0 Å². The number of carbonyl (C=O) groups is 1. The van der Waals surface area contributed by atoms with Crippen molar-refractivity contribution in [3.8, 4) is 5.69 Å². The summed E-state index contributed by atoms with van der Waals surface area (Å²) >= 11 is 5.58. The van der Waals surface area contributed by atoms with E-state index in [1.54, 1.807) is 0 Å². The van der Waals surface area contributed by atoms with Gasteiger partial charge in [-0.15, -0.1) is 5.10 Å². The molecule has 2 N–H and O–H groups in total. The van der Waals surface area contributed by atoms with Gasteiger partial charge in [0.1, 0.15) is 12.1 Å². The lowest BCUT2D eigenvalue weighted by Gasteiger charge is -2.05. The van der Waals surface area contributed by atoms with Crippen LogP contribution in [0.2, 0.25) is 5.02 Å².